The number of likely N-dealkylation sites (N-methyl/N-ethyl adjacent to an activating group) is 1. The van der Waals surface area contributed by atoms with Crippen molar-refractivity contribution in [2.24, 2.45) is 0 Å². The molecule has 3 heteroatoms. The van der Waals surface area contributed by atoms with Gasteiger partial charge in [0.2, 0.25) is 0 Å². The number of hydrogen-bond acceptors (Lipinski definition) is 2. The molecular formula is C9H16FNO. The van der Waals surface area contributed by atoms with Crippen LogP contribution in [-0.2, 0) is 4.74 Å². The molecule has 0 aromatic carbocycles. The lowest BCUT2D eigenvalue weighted by Crippen LogP contribution is -2.36. The molecule has 0 radical (unpaired) electrons. The smallest absolute Gasteiger partial charge is 0.0876 e. The number of likely N-dealkylation sites (tertiary alicyclic amines) is 1. The van der Waals surface area contributed by atoms with Gasteiger partial charge in [-0.25, -0.2) is 4.39 Å². The lowest BCUT2D eigenvalue weighted by atomic mass is 10.1. The van der Waals surface area contributed by atoms with Gasteiger partial charge >= 0.3 is 0 Å². The van der Waals surface area contributed by atoms with Gasteiger partial charge in [0.05, 0.1) is 18.5 Å². The quantitative estimate of drug-likeness (QED) is 0.628. The number of ether oxygens (including phenoxy) is 1. The Kier molecular flexibility index (Phi) is 3.23. The van der Waals surface area contributed by atoms with E-state index in [2.05, 4.69) is 4.90 Å². The molecule has 0 aromatic rings. The van der Waals surface area contributed by atoms with Crippen molar-refractivity contribution >= 4 is 0 Å². The van der Waals surface area contributed by atoms with Crippen molar-refractivity contribution in [1.29, 1.82) is 0 Å². The van der Waals surface area contributed by atoms with E-state index < -0.39 is 0 Å². The van der Waals surface area contributed by atoms with Crippen LogP contribution in [0, 0.1) is 0 Å². The van der Waals surface area contributed by atoms with Crippen LogP contribution >= 0.6 is 0 Å². The fraction of sp³-hybridized carbons (Fsp3) is 0.778. The van der Waals surface area contributed by atoms with Gasteiger partial charge < -0.3 is 4.74 Å². The molecule has 1 rings (SSSR count). The highest BCUT2D eigenvalue weighted by Gasteiger charge is 2.30. The molecule has 1 aliphatic rings. The molecule has 0 saturated carbocycles. The van der Waals surface area contributed by atoms with Crippen LogP contribution < -0.4 is 0 Å². The second kappa shape index (κ2) is 4.01. The molecular weight excluding hydrogens is 157 g/mol. The summed E-state index contributed by atoms with van der Waals surface area (Å²) in [6.07, 6.45) is 1.62. The first-order chi connectivity index (χ1) is 5.70. The second-order valence-corrected chi connectivity index (χ2v) is 3.30. The Balaban J connectivity index is 2.70. The van der Waals surface area contributed by atoms with E-state index in [-0.39, 0.29) is 12.1 Å². The van der Waals surface area contributed by atoms with Gasteiger partial charge in [0.25, 0.3) is 0 Å². The van der Waals surface area contributed by atoms with Crippen molar-refractivity contribution in [1.82, 2.24) is 4.90 Å². The minimum Gasteiger partial charge on any atom is -0.380 e. The molecule has 1 aliphatic heterocycles. The lowest BCUT2D eigenvalue weighted by Gasteiger charge is -2.25. The average Bonchev–Trinajstić information content (AvgIpc) is 2.45. The van der Waals surface area contributed by atoms with Gasteiger partial charge in [-0.1, -0.05) is 0 Å². The van der Waals surface area contributed by atoms with Crippen molar-refractivity contribution in [3.8, 4) is 0 Å². The molecule has 0 spiro atoms. The topological polar surface area (TPSA) is 12.5 Å². The Hall–Kier alpha value is -0.410. The maximum absolute atomic E-state index is 12.4. The number of methoxy groups -OCH3 is 1. The summed E-state index contributed by atoms with van der Waals surface area (Å²) in [5.74, 6) is 0. The molecule has 1 saturated heterocycles. The van der Waals surface area contributed by atoms with Crippen molar-refractivity contribution in [2.45, 2.75) is 25.5 Å². The Morgan fingerprint density at radius 2 is 2.42 bits per heavy atom. The van der Waals surface area contributed by atoms with Crippen LogP contribution in [0.4, 0.5) is 4.39 Å². The minimum atomic E-state index is 0.0690. The fourth-order valence-corrected chi connectivity index (χ4v) is 1.78. The zero-order chi connectivity index (χ0) is 9.14. The van der Waals surface area contributed by atoms with Crippen LogP contribution in [0.25, 0.3) is 0 Å². The van der Waals surface area contributed by atoms with Gasteiger partial charge in [0, 0.05) is 13.7 Å². The Labute approximate surface area is 73.0 Å². The van der Waals surface area contributed by atoms with Gasteiger partial charge in [0.1, 0.15) is 0 Å². The van der Waals surface area contributed by atoms with Crippen molar-refractivity contribution in [3.63, 3.8) is 0 Å². The molecule has 70 valence electrons. The highest BCUT2D eigenvalue weighted by molar-refractivity contribution is 5.15. The molecule has 2 atom stereocenters. The summed E-state index contributed by atoms with van der Waals surface area (Å²) in [6.45, 7) is 2.89. The zero-order valence-electron chi connectivity index (χ0n) is 7.88. The van der Waals surface area contributed by atoms with Gasteiger partial charge in [-0.15, -0.1) is 0 Å². The first kappa shape index (κ1) is 9.68. The zero-order valence-corrected chi connectivity index (χ0v) is 7.88. The predicted molar refractivity (Wildman–Crippen MR) is 46.7 cm³/mol. The highest BCUT2D eigenvalue weighted by atomic mass is 19.1. The molecule has 2 unspecified atom stereocenters. The SMILES string of the molecule is COC(C)C1/C(=C/F)CCN1C. The maximum Gasteiger partial charge on any atom is 0.0876 e. The van der Waals surface area contributed by atoms with E-state index in [1.807, 2.05) is 14.0 Å². The van der Waals surface area contributed by atoms with E-state index in [0.717, 1.165) is 24.9 Å². The van der Waals surface area contributed by atoms with Gasteiger partial charge in [-0.2, -0.15) is 0 Å². The first-order valence-corrected chi connectivity index (χ1v) is 4.23. The normalized spacial score (nSPS) is 31.3. The number of halogens is 1. The second-order valence-electron chi connectivity index (χ2n) is 3.30. The van der Waals surface area contributed by atoms with Crippen LogP contribution in [0.3, 0.4) is 0 Å². The number of rotatable bonds is 2. The summed E-state index contributed by atoms with van der Waals surface area (Å²) in [5, 5.41) is 0. The number of nitrogens with zero attached hydrogens (tertiary/aromatic N) is 1. The number of hydrogen-bond donors (Lipinski definition) is 0. The van der Waals surface area contributed by atoms with Gasteiger partial charge in [-0.05, 0) is 26.0 Å². The van der Waals surface area contributed by atoms with E-state index in [4.69, 9.17) is 4.74 Å². The Bertz CT molecular complexity index is 181. The van der Waals surface area contributed by atoms with E-state index in [9.17, 15) is 4.39 Å². The largest absolute Gasteiger partial charge is 0.380 e. The van der Waals surface area contributed by atoms with E-state index in [0.29, 0.717) is 0 Å². The average molecular weight is 173 g/mol. The van der Waals surface area contributed by atoms with Crippen LogP contribution in [0.1, 0.15) is 13.3 Å². The monoisotopic (exact) mass is 173 g/mol. The van der Waals surface area contributed by atoms with Gasteiger partial charge in [-0.3, -0.25) is 4.90 Å². The Morgan fingerprint density at radius 3 is 2.92 bits per heavy atom. The van der Waals surface area contributed by atoms with E-state index in [1.165, 1.54) is 0 Å². The van der Waals surface area contributed by atoms with Crippen molar-refractivity contribution in [3.05, 3.63) is 11.9 Å². The van der Waals surface area contributed by atoms with Crippen LogP contribution in [0.5, 0.6) is 0 Å². The summed E-state index contributed by atoms with van der Waals surface area (Å²) in [6, 6.07) is 0.125. The van der Waals surface area contributed by atoms with E-state index >= 15 is 0 Å². The van der Waals surface area contributed by atoms with Crippen LogP contribution in [0.2, 0.25) is 0 Å². The standard InChI is InChI=1S/C9H16FNO/c1-7(12-3)9-8(6-10)4-5-11(9)2/h6-7,9H,4-5H2,1-3H3/b8-6+. The lowest BCUT2D eigenvalue weighted by molar-refractivity contribution is 0.0641. The minimum absolute atomic E-state index is 0.0690. The summed E-state index contributed by atoms with van der Waals surface area (Å²) in [5.41, 5.74) is 0.854. The van der Waals surface area contributed by atoms with Gasteiger partial charge in [0.15, 0.2) is 0 Å². The third kappa shape index (κ3) is 1.67. The summed E-state index contributed by atoms with van der Waals surface area (Å²) >= 11 is 0. The van der Waals surface area contributed by atoms with Crippen molar-refractivity contribution in [2.75, 3.05) is 20.7 Å². The van der Waals surface area contributed by atoms with Crippen LogP contribution in [-0.4, -0.2) is 37.7 Å². The summed E-state index contributed by atoms with van der Waals surface area (Å²) in [4.78, 5) is 2.12. The molecule has 1 heterocycles. The molecule has 0 amide bonds. The predicted octanol–water partition coefficient (Wildman–Crippen LogP) is 1.58. The molecule has 0 aromatic heterocycles. The van der Waals surface area contributed by atoms with Crippen LogP contribution in [0.15, 0.2) is 11.9 Å². The molecule has 0 bridgehead atoms. The third-order valence-corrected chi connectivity index (χ3v) is 2.56. The maximum atomic E-state index is 12.4. The molecule has 0 aliphatic carbocycles. The first-order valence-electron chi connectivity index (χ1n) is 4.23. The summed E-state index contributed by atoms with van der Waals surface area (Å²) in [7, 11) is 3.66. The molecule has 12 heavy (non-hydrogen) atoms. The molecule has 0 N–H and O–H groups in total. The molecule has 2 nitrogen and oxygen atoms in total. The fourth-order valence-electron chi connectivity index (χ4n) is 1.78. The highest BCUT2D eigenvalue weighted by Crippen LogP contribution is 2.25. The molecule has 1 fully saturated rings. The van der Waals surface area contributed by atoms with E-state index in [1.54, 1.807) is 7.11 Å². The third-order valence-electron chi connectivity index (χ3n) is 2.56. The van der Waals surface area contributed by atoms with Crippen molar-refractivity contribution < 1.29 is 9.13 Å². The summed E-state index contributed by atoms with van der Waals surface area (Å²) < 4.78 is 17.6. The Morgan fingerprint density at radius 1 is 1.75 bits per heavy atom.